The molecule has 2 N–H and O–H groups in total. The molecule has 1 aliphatic rings. The van der Waals surface area contributed by atoms with Crippen LogP contribution in [-0.4, -0.2) is 40.2 Å². The van der Waals surface area contributed by atoms with E-state index < -0.39 is 0 Å². The largest absolute Gasteiger partial charge is 0.338 e. The van der Waals surface area contributed by atoms with Gasteiger partial charge in [-0.2, -0.15) is 5.10 Å². The Balaban J connectivity index is 1.89. The van der Waals surface area contributed by atoms with Crippen molar-refractivity contribution in [3.63, 3.8) is 0 Å². The molecule has 3 rings (SSSR count). The van der Waals surface area contributed by atoms with E-state index in [0.717, 1.165) is 41.8 Å². The minimum Gasteiger partial charge on any atom is -0.338 e. The molecule has 1 fully saturated rings. The molecular weight excluding hydrogens is 368 g/mol. The van der Waals surface area contributed by atoms with Gasteiger partial charge in [0.05, 0.1) is 23.1 Å². The lowest BCUT2D eigenvalue weighted by molar-refractivity contribution is 0.0776. The number of benzene rings is 1. The summed E-state index contributed by atoms with van der Waals surface area (Å²) in [5.41, 5.74) is 8.50. The SMILES string of the molecule is CCc1c(C(=O)N2CCC(C)(CN)C2)cnn1-c1ccc(Br)cc1. The molecule has 128 valence electrons. The average molecular weight is 391 g/mol. The number of hydrogen-bond donors (Lipinski definition) is 1. The van der Waals surface area contributed by atoms with E-state index in [1.807, 2.05) is 33.8 Å². The van der Waals surface area contributed by atoms with Crippen LogP contribution in [0.15, 0.2) is 34.9 Å². The third-order valence-corrected chi connectivity index (χ3v) is 5.37. The molecular formula is C18H23BrN4O. The van der Waals surface area contributed by atoms with Crippen molar-refractivity contribution in [3.8, 4) is 5.69 Å². The van der Waals surface area contributed by atoms with Crippen LogP contribution in [0.4, 0.5) is 0 Å². The van der Waals surface area contributed by atoms with Crippen LogP contribution in [0.3, 0.4) is 0 Å². The van der Waals surface area contributed by atoms with Crippen molar-refractivity contribution in [2.45, 2.75) is 26.7 Å². The summed E-state index contributed by atoms with van der Waals surface area (Å²) in [7, 11) is 0. The molecule has 6 heteroatoms. The summed E-state index contributed by atoms with van der Waals surface area (Å²) in [5, 5.41) is 4.47. The molecule has 1 aromatic heterocycles. The van der Waals surface area contributed by atoms with Gasteiger partial charge >= 0.3 is 0 Å². The van der Waals surface area contributed by atoms with Crippen LogP contribution >= 0.6 is 15.9 Å². The lowest BCUT2D eigenvalue weighted by atomic mass is 9.90. The molecule has 1 saturated heterocycles. The van der Waals surface area contributed by atoms with Crippen LogP contribution in [0.2, 0.25) is 0 Å². The highest BCUT2D eigenvalue weighted by Crippen LogP contribution is 2.30. The number of aromatic nitrogens is 2. The van der Waals surface area contributed by atoms with E-state index in [9.17, 15) is 4.79 Å². The number of amides is 1. The Hall–Kier alpha value is -1.66. The Morgan fingerprint density at radius 3 is 2.67 bits per heavy atom. The summed E-state index contributed by atoms with van der Waals surface area (Å²) in [6, 6.07) is 7.94. The van der Waals surface area contributed by atoms with Gasteiger partial charge in [0.25, 0.3) is 5.91 Å². The molecule has 0 saturated carbocycles. The zero-order valence-electron chi connectivity index (χ0n) is 14.1. The number of likely N-dealkylation sites (tertiary alicyclic amines) is 1. The predicted octanol–water partition coefficient (Wildman–Crippen LogP) is 3.01. The summed E-state index contributed by atoms with van der Waals surface area (Å²) in [5.74, 6) is 0.0624. The highest BCUT2D eigenvalue weighted by atomic mass is 79.9. The van der Waals surface area contributed by atoms with Gasteiger partial charge in [-0.05, 0) is 49.1 Å². The topological polar surface area (TPSA) is 64.2 Å². The first-order valence-electron chi connectivity index (χ1n) is 8.29. The van der Waals surface area contributed by atoms with Gasteiger partial charge in [0, 0.05) is 17.6 Å². The van der Waals surface area contributed by atoms with Crippen molar-refractivity contribution in [2.75, 3.05) is 19.6 Å². The number of nitrogens with zero attached hydrogens (tertiary/aromatic N) is 3. The van der Waals surface area contributed by atoms with Gasteiger partial charge in [-0.25, -0.2) is 4.68 Å². The first kappa shape index (κ1) is 17.2. The fourth-order valence-electron chi connectivity index (χ4n) is 3.23. The molecule has 1 atom stereocenters. The van der Waals surface area contributed by atoms with Crippen molar-refractivity contribution >= 4 is 21.8 Å². The Morgan fingerprint density at radius 2 is 2.08 bits per heavy atom. The Morgan fingerprint density at radius 1 is 1.38 bits per heavy atom. The molecule has 0 radical (unpaired) electrons. The maximum Gasteiger partial charge on any atom is 0.257 e. The van der Waals surface area contributed by atoms with E-state index in [1.54, 1.807) is 6.20 Å². The van der Waals surface area contributed by atoms with Crippen LogP contribution in [-0.2, 0) is 6.42 Å². The van der Waals surface area contributed by atoms with Crippen LogP contribution < -0.4 is 5.73 Å². The molecule has 1 aliphatic heterocycles. The molecule has 1 unspecified atom stereocenters. The van der Waals surface area contributed by atoms with E-state index in [0.29, 0.717) is 12.1 Å². The fraction of sp³-hybridized carbons (Fsp3) is 0.444. The van der Waals surface area contributed by atoms with Crippen LogP contribution in [0.5, 0.6) is 0 Å². The van der Waals surface area contributed by atoms with Crippen LogP contribution in [0.25, 0.3) is 5.69 Å². The Kier molecular flexibility index (Phi) is 4.78. The first-order valence-corrected chi connectivity index (χ1v) is 9.09. The zero-order chi connectivity index (χ0) is 17.3. The minimum atomic E-state index is 0.0315. The van der Waals surface area contributed by atoms with Gasteiger partial charge in [-0.15, -0.1) is 0 Å². The van der Waals surface area contributed by atoms with Gasteiger partial charge in [0.15, 0.2) is 0 Å². The van der Waals surface area contributed by atoms with E-state index in [4.69, 9.17) is 5.73 Å². The lowest BCUT2D eigenvalue weighted by Gasteiger charge is -2.22. The number of halogens is 1. The molecule has 2 aromatic rings. The smallest absolute Gasteiger partial charge is 0.257 e. The third-order valence-electron chi connectivity index (χ3n) is 4.84. The standard InChI is InChI=1S/C18H23BrN4O/c1-3-16-15(17(24)22-9-8-18(2,11-20)12-22)10-21-23(16)14-6-4-13(19)5-7-14/h4-7,10H,3,8-9,11-12,20H2,1-2H3. The number of carbonyl (C=O) groups is 1. The summed E-state index contributed by atoms with van der Waals surface area (Å²) in [4.78, 5) is 14.9. The summed E-state index contributed by atoms with van der Waals surface area (Å²) in [6.45, 7) is 6.28. The second-order valence-corrected chi connectivity index (χ2v) is 7.65. The third kappa shape index (κ3) is 3.13. The average Bonchev–Trinajstić information content (AvgIpc) is 3.19. The second kappa shape index (κ2) is 6.69. The summed E-state index contributed by atoms with van der Waals surface area (Å²) in [6.07, 6.45) is 3.40. The fourth-order valence-corrected chi connectivity index (χ4v) is 3.50. The number of hydrogen-bond acceptors (Lipinski definition) is 3. The molecule has 2 heterocycles. The predicted molar refractivity (Wildman–Crippen MR) is 98.3 cm³/mol. The molecule has 1 aromatic carbocycles. The van der Waals surface area contributed by atoms with Gasteiger partial charge in [-0.3, -0.25) is 4.79 Å². The van der Waals surface area contributed by atoms with E-state index in [-0.39, 0.29) is 11.3 Å². The normalized spacial score (nSPS) is 20.6. The van der Waals surface area contributed by atoms with Crippen LogP contribution in [0, 0.1) is 5.41 Å². The van der Waals surface area contributed by atoms with Gasteiger partial charge in [-0.1, -0.05) is 29.8 Å². The minimum absolute atomic E-state index is 0.0315. The first-order chi connectivity index (χ1) is 11.5. The quantitative estimate of drug-likeness (QED) is 0.872. The second-order valence-electron chi connectivity index (χ2n) is 6.74. The molecule has 0 aliphatic carbocycles. The van der Waals surface area contributed by atoms with E-state index in [1.165, 1.54) is 0 Å². The lowest BCUT2D eigenvalue weighted by Crippen LogP contribution is -2.34. The molecule has 0 bridgehead atoms. The Bertz CT molecular complexity index is 740. The number of rotatable bonds is 4. The maximum atomic E-state index is 13.0. The van der Waals surface area contributed by atoms with Crippen molar-refractivity contribution in [2.24, 2.45) is 11.1 Å². The van der Waals surface area contributed by atoms with Crippen molar-refractivity contribution in [3.05, 3.63) is 46.2 Å². The highest BCUT2D eigenvalue weighted by Gasteiger charge is 2.36. The summed E-state index contributed by atoms with van der Waals surface area (Å²) < 4.78 is 2.88. The number of nitrogens with two attached hydrogens (primary N) is 1. The van der Waals surface area contributed by atoms with Crippen LogP contribution in [0.1, 0.15) is 36.3 Å². The molecule has 1 amide bonds. The highest BCUT2D eigenvalue weighted by molar-refractivity contribution is 9.10. The molecule has 0 spiro atoms. The maximum absolute atomic E-state index is 13.0. The van der Waals surface area contributed by atoms with Gasteiger partial charge in [0.2, 0.25) is 0 Å². The van der Waals surface area contributed by atoms with Gasteiger partial charge in [0.1, 0.15) is 0 Å². The van der Waals surface area contributed by atoms with Crippen molar-refractivity contribution < 1.29 is 4.79 Å². The van der Waals surface area contributed by atoms with Gasteiger partial charge < -0.3 is 10.6 Å². The monoisotopic (exact) mass is 390 g/mol. The zero-order valence-corrected chi connectivity index (χ0v) is 15.7. The van der Waals surface area contributed by atoms with E-state index in [2.05, 4.69) is 34.9 Å². The van der Waals surface area contributed by atoms with E-state index >= 15 is 0 Å². The summed E-state index contributed by atoms with van der Waals surface area (Å²) >= 11 is 3.44. The molecule has 5 nitrogen and oxygen atoms in total. The van der Waals surface area contributed by atoms with Crippen molar-refractivity contribution in [1.82, 2.24) is 14.7 Å². The molecule has 24 heavy (non-hydrogen) atoms. The number of carbonyl (C=O) groups excluding carboxylic acids is 1. The Labute approximate surface area is 151 Å². The van der Waals surface area contributed by atoms with Crippen molar-refractivity contribution in [1.29, 1.82) is 0 Å².